The molecule has 0 aliphatic carbocycles. The van der Waals surface area contributed by atoms with Crippen LogP contribution in [0.15, 0.2) is 0 Å². The Bertz CT molecular complexity index is 167. The van der Waals surface area contributed by atoms with Crippen LogP contribution in [0.3, 0.4) is 0 Å². The van der Waals surface area contributed by atoms with Gasteiger partial charge in [-0.1, -0.05) is 13.8 Å². The van der Waals surface area contributed by atoms with E-state index in [9.17, 15) is 0 Å². The van der Waals surface area contributed by atoms with Gasteiger partial charge in [0.2, 0.25) is 0 Å². The van der Waals surface area contributed by atoms with E-state index in [1.165, 1.54) is 24.3 Å². The van der Waals surface area contributed by atoms with E-state index >= 15 is 0 Å². The third-order valence-electron chi connectivity index (χ3n) is 3.07. The van der Waals surface area contributed by atoms with Crippen LogP contribution in [0.2, 0.25) is 0 Å². The van der Waals surface area contributed by atoms with Crippen LogP contribution >= 0.6 is 11.8 Å². The Morgan fingerprint density at radius 1 is 1.33 bits per heavy atom. The summed E-state index contributed by atoms with van der Waals surface area (Å²) in [6.45, 7) is 6.62. The van der Waals surface area contributed by atoms with Crippen LogP contribution in [0.5, 0.6) is 0 Å². The Balaban J connectivity index is 2.15. The van der Waals surface area contributed by atoms with Crippen molar-refractivity contribution in [2.45, 2.75) is 39.2 Å². The quantitative estimate of drug-likeness (QED) is 0.759. The molecule has 1 N–H and O–H groups in total. The zero-order chi connectivity index (χ0) is 11.1. The molecule has 90 valence electrons. The summed E-state index contributed by atoms with van der Waals surface area (Å²) in [5, 5.41) is 3.70. The van der Waals surface area contributed by atoms with Crippen LogP contribution in [0, 0.1) is 5.41 Å². The van der Waals surface area contributed by atoms with Gasteiger partial charge < -0.3 is 10.1 Å². The fourth-order valence-electron chi connectivity index (χ4n) is 1.79. The van der Waals surface area contributed by atoms with Crippen molar-refractivity contribution in [3.8, 4) is 0 Å². The average molecular weight is 231 g/mol. The molecule has 0 aromatic heterocycles. The second-order valence-electron chi connectivity index (χ2n) is 5.17. The molecular weight excluding hydrogens is 206 g/mol. The maximum atomic E-state index is 5.14. The predicted octanol–water partition coefficient (Wildman–Crippen LogP) is 2.53. The van der Waals surface area contributed by atoms with Gasteiger partial charge >= 0.3 is 0 Å². The molecule has 0 radical (unpaired) electrons. The fraction of sp³-hybridized carbons (Fsp3) is 1.00. The summed E-state index contributed by atoms with van der Waals surface area (Å²) in [5.41, 5.74) is 0.362. The molecule has 3 heteroatoms. The summed E-state index contributed by atoms with van der Waals surface area (Å²) in [6.07, 6.45) is 3.81. The summed E-state index contributed by atoms with van der Waals surface area (Å²) in [4.78, 5) is 0. The lowest BCUT2D eigenvalue weighted by Gasteiger charge is -2.29. The SMILES string of the molecule is COCCC(C)(C)CNC1CCSCC1. The topological polar surface area (TPSA) is 21.3 Å². The first-order valence-corrected chi connectivity index (χ1v) is 7.09. The van der Waals surface area contributed by atoms with Crippen LogP contribution in [0.1, 0.15) is 33.1 Å². The highest BCUT2D eigenvalue weighted by Crippen LogP contribution is 2.21. The number of ether oxygens (including phenoxy) is 1. The predicted molar refractivity (Wildman–Crippen MR) is 68.6 cm³/mol. The van der Waals surface area contributed by atoms with Gasteiger partial charge in [-0.05, 0) is 36.2 Å². The molecule has 2 nitrogen and oxygen atoms in total. The maximum Gasteiger partial charge on any atom is 0.0467 e. The third kappa shape index (κ3) is 5.79. The van der Waals surface area contributed by atoms with E-state index in [4.69, 9.17) is 4.74 Å². The van der Waals surface area contributed by atoms with Gasteiger partial charge in [0.25, 0.3) is 0 Å². The molecule has 1 aliphatic heterocycles. The Kier molecular flexibility index (Phi) is 6.02. The summed E-state index contributed by atoms with van der Waals surface area (Å²) < 4.78 is 5.14. The van der Waals surface area contributed by atoms with Gasteiger partial charge in [-0.3, -0.25) is 0 Å². The van der Waals surface area contributed by atoms with E-state index in [2.05, 4.69) is 30.9 Å². The maximum absolute atomic E-state index is 5.14. The van der Waals surface area contributed by atoms with E-state index in [1.54, 1.807) is 7.11 Å². The third-order valence-corrected chi connectivity index (χ3v) is 4.12. The van der Waals surface area contributed by atoms with Crippen LogP contribution in [-0.4, -0.2) is 37.8 Å². The molecule has 15 heavy (non-hydrogen) atoms. The van der Waals surface area contributed by atoms with Crippen molar-refractivity contribution >= 4 is 11.8 Å². The monoisotopic (exact) mass is 231 g/mol. The van der Waals surface area contributed by atoms with Gasteiger partial charge in [-0.2, -0.15) is 11.8 Å². The highest BCUT2D eigenvalue weighted by Gasteiger charge is 2.20. The van der Waals surface area contributed by atoms with Gasteiger partial charge in [-0.15, -0.1) is 0 Å². The van der Waals surface area contributed by atoms with Crippen molar-refractivity contribution in [2.75, 3.05) is 31.8 Å². The van der Waals surface area contributed by atoms with Crippen LogP contribution in [0.25, 0.3) is 0 Å². The number of nitrogens with one attached hydrogen (secondary N) is 1. The Hall–Kier alpha value is 0.270. The molecule has 0 amide bonds. The Morgan fingerprint density at radius 3 is 2.60 bits per heavy atom. The van der Waals surface area contributed by atoms with Crippen molar-refractivity contribution in [2.24, 2.45) is 5.41 Å². The number of thioether (sulfide) groups is 1. The Morgan fingerprint density at radius 2 is 2.00 bits per heavy atom. The molecule has 0 aromatic rings. The number of rotatable bonds is 6. The summed E-state index contributed by atoms with van der Waals surface area (Å²) in [7, 11) is 1.78. The summed E-state index contributed by atoms with van der Waals surface area (Å²) >= 11 is 2.09. The molecule has 1 rings (SSSR count). The van der Waals surface area contributed by atoms with Crippen molar-refractivity contribution in [1.29, 1.82) is 0 Å². The minimum absolute atomic E-state index is 0.362. The minimum Gasteiger partial charge on any atom is -0.385 e. The van der Waals surface area contributed by atoms with E-state index in [1.807, 2.05) is 0 Å². The van der Waals surface area contributed by atoms with Crippen molar-refractivity contribution in [3.63, 3.8) is 0 Å². The fourth-order valence-corrected chi connectivity index (χ4v) is 2.90. The first-order chi connectivity index (χ1) is 7.14. The van der Waals surface area contributed by atoms with E-state index in [0.717, 1.165) is 25.6 Å². The minimum atomic E-state index is 0.362. The van der Waals surface area contributed by atoms with E-state index in [-0.39, 0.29) is 0 Å². The normalized spacial score (nSPS) is 19.4. The molecule has 0 unspecified atom stereocenters. The first-order valence-electron chi connectivity index (χ1n) is 5.94. The first kappa shape index (κ1) is 13.3. The lowest BCUT2D eigenvalue weighted by atomic mass is 9.89. The second kappa shape index (κ2) is 6.77. The molecule has 0 atom stereocenters. The summed E-state index contributed by atoms with van der Waals surface area (Å²) in [5.74, 6) is 2.66. The molecule has 1 aliphatic rings. The van der Waals surface area contributed by atoms with Gasteiger partial charge in [0.15, 0.2) is 0 Å². The lowest BCUT2D eigenvalue weighted by Crippen LogP contribution is -2.39. The van der Waals surface area contributed by atoms with Crippen LogP contribution in [-0.2, 0) is 4.74 Å². The lowest BCUT2D eigenvalue weighted by molar-refractivity contribution is 0.148. The number of methoxy groups -OCH3 is 1. The van der Waals surface area contributed by atoms with E-state index < -0.39 is 0 Å². The zero-order valence-corrected chi connectivity index (χ0v) is 11.2. The number of hydrogen-bond acceptors (Lipinski definition) is 3. The molecule has 0 bridgehead atoms. The molecule has 1 saturated heterocycles. The average Bonchev–Trinajstić information content (AvgIpc) is 2.25. The highest BCUT2D eigenvalue weighted by molar-refractivity contribution is 7.99. The molecule has 0 spiro atoms. The van der Waals surface area contributed by atoms with Crippen LogP contribution in [0.4, 0.5) is 0 Å². The highest BCUT2D eigenvalue weighted by atomic mass is 32.2. The van der Waals surface area contributed by atoms with Gasteiger partial charge in [0.05, 0.1) is 0 Å². The molecule has 0 aromatic carbocycles. The molecular formula is C12H25NOS. The standard InChI is InChI=1S/C12H25NOS/c1-12(2,6-7-14-3)10-13-11-4-8-15-9-5-11/h11,13H,4-10H2,1-3H3. The largest absolute Gasteiger partial charge is 0.385 e. The van der Waals surface area contributed by atoms with Gasteiger partial charge in [0, 0.05) is 26.3 Å². The smallest absolute Gasteiger partial charge is 0.0467 e. The zero-order valence-electron chi connectivity index (χ0n) is 10.3. The van der Waals surface area contributed by atoms with Crippen LogP contribution < -0.4 is 5.32 Å². The van der Waals surface area contributed by atoms with E-state index in [0.29, 0.717) is 5.41 Å². The molecule has 1 heterocycles. The number of hydrogen-bond donors (Lipinski definition) is 1. The Labute approximate surface area is 98.5 Å². The van der Waals surface area contributed by atoms with Crippen molar-refractivity contribution in [1.82, 2.24) is 5.32 Å². The summed E-state index contributed by atoms with van der Waals surface area (Å²) in [6, 6.07) is 0.757. The van der Waals surface area contributed by atoms with Crippen molar-refractivity contribution < 1.29 is 4.74 Å². The van der Waals surface area contributed by atoms with Gasteiger partial charge in [0.1, 0.15) is 0 Å². The van der Waals surface area contributed by atoms with Crippen molar-refractivity contribution in [3.05, 3.63) is 0 Å². The second-order valence-corrected chi connectivity index (χ2v) is 6.40. The molecule has 0 saturated carbocycles. The van der Waals surface area contributed by atoms with Gasteiger partial charge in [-0.25, -0.2) is 0 Å². The molecule has 1 fully saturated rings.